The molecule has 1 saturated carbocycles. The van der Waals surface area contributed by atoms with Gasteiger partial charge in [-0.25, -0.2) is 0 Å². The van der Waals surface area contributed by atoms with Crippen LogP contribution in [0.25, 0.3) is 11.4 Å². The van der Waals surface area contributed by atoms with Gasteiger partial charge in [0, 0.05) is 18.2 Å². The number of hydrogen-bond donors (Lipinski definition) is 1. The van der Waals surface area contributed by atoms with Gasteiger partial charge in [-0.15, -0.1) is 10.2 Å². The number of nitrogens with one attached hydrogen (secondary N) is 1. The van der Waals surface area contributed by atoms with Gasteiger partial charge in [0.2, 0.25) is 5.91 Å². The molecule has 0 saturated heterocycles. The number of amides is 1. The van der Waals surface area contributed by atoms with Crippen LogP contribution in [-0.4, -0.2) is 33.5 Å². The van der Waals surface area contributed by atoms with E-state index in [1.807, 2.05) is 36.4 Å². The standard InChI is InChI=1S/C25H30N4O2S/c1-18-8-10-19(11-9-18)16-26-23(30)17-32-25-28-27-24(20-12-14-22(31-2)15-13-20)29(25)21-6-4-3-5-7-21/h8-15,21H,3-7,16-17H2,1-2H3,(H,26,30). The summed E-state index contributed by atoms with van der Waals surface area (Å²) in [6.07, 6.45) is 5.95. The van der Waals surface area contributed by atoms with E-state index in [1.165, 1.54) is 36.6 Å². The molecule has 1 fully saturated rings. The fraction of sp³-hybridized carbons (Fsp3) is 0.400. The largest absolute Gasteiger partial charge is 0.497 e. The van der Waals surface area contributed by atoms with Crippen LogP contribution in [0, 0.1) is 6.92 Å². The Morgan fingerprint density at radius 3 is 2.47 bits per heavy atom. The lowest BCUT2D eigenvalue weighted by atomic mass is 9.95. The monoisotopic (exact) mass is 450 g/mol. The topological polar surface area (TPSA) is 69.0 Å². The Morgan fingerprint density at radius 2 is 1.78 bits per heavy atom. The summed E-state index contributed by atoms with van der Waals surface area (Å²) in [4.78, 5) is 12.5. The molecule has 6 nitrogen and oxygen atoms in total. The molecule has 4 rings (SSSR count). The SMILES string of the molecule is COc1ccc(-c2nnc(SCC(=O)NCc3ccc(C)cc3)n2C2CCCCC2)cc1. The highest BCUT2D eigenvalue weighted by atomic mass is 32.2. The molecule has 168 valence electrons. The average molecular weight is 451 g/mol. The summed E-state index contributed by atoms with van der Waals surface area (Å²) >= 11 is 1.46. The highest BCUT2D eigenvalue weighted by Crippen LogP contribution is 2.35. The van der Waals surface area contributed by atoms with Crippen LogP contribution in [-0.2, 0) is 11.3 Å². The summed E-state index contributed by atoms with van der Waals surface area (Å²) in [5, 5.41) is 12.8. The second-order valence-corrected chi connectivity index (χ2v) is 9.19. The van der Waals surface area contributed by atoms with Crippen molar-refractivity contribution in [1.29, 1.82) is 0 Å². The molecule has 0 spiro atoms. The highest BCUT2D eigenvalue weighted by Gasteiger charge is 2.24. The van der Waals surface area contributed by atoms with Gasteiger partial charge in [-0.2, -0.15) is 0 Å². The fourth-order valence-electron chi connectivity index (χ4n) is 4.07. The summed E-state index contributed by atoms with van der Waals surface area (Å²) in [7, 11) is 1.66. The van der Waals surface area contributed by atoms with Crippen LogP contribution in [0.1, 0.15) is 49.3 Å². The van der Waals surface area contributed by atoms with Crippen LogP contribution in [0.4, 0.5) is 0 Å². The predicted octanol–water partition coefficient (Wildman–Crippen LogP) is 5.18. The fourth-order valence-corrected chi connectivity index (χ4v) is 4.90. The Morgan fingerprint density at radius 1 is 1.06 bits per heavy atom. The molecule has 1 amide bonds. The first-order valence-electron chi connectivity index (χ1n) is 11.2. The predicted molar refractivity (Wildman–Crippen MR) is 128 cm³/mol. The maximum atomic E-state index is 12.5. The van der Waals surface area contributed by atoms with Crippen LogP contribution in [0.5, 0.6) is 5.75 Å². The minimum atomic E-state index is -0.000216. The third-order valence-corrected chi connectivity index (χ3v) is 6.84. The first kappa shape index (κ1) is 22.4. The molecule has 3 aromatic rings. The Labute approximate surface area is 193 Å². The normalized spacial score (nSPS) is 14.3. The van der Waals surface area contributed by atoms with Crippen molar-refractivity contribution in [3.05, 3.63) is 59.7 Å². The number of thioether (sulfide) groups is 1. The van der Waals surface area contributed by atoms with Gasteiger partial charge >= 0.3 is 0 Å². The quantitative estimate of drug-likeness (QED) is 0.479. The van der Waals surface area contributed by atoms with E-state index in [0.717, 1.165) is 40.7 Å². The number of hydrogen-bond acceptors (Lipinski definition) is 5. The van der Waals surface area contributed by atoms with E-state index in [2.05, 4.69) is 39.1 Å². The molecule has 0 radical (unpaired) electrons. The van der Waals surface area contributed by atoms with E-state index in [9.17, 15) is 4.79 Å². The van der Waals surface area contributed by atoms with Crippen molar-refractivity contribution in [2.24, 2.45) is 0 Å². The number of methoxy groups -OCH3 is 1. The van der Waals surface area contributed by atoms with Crippen LogP contribution < -0.4 is 10.1 Å². The van der Waals surface area contributed by atoms with Crippen molar-refractivity contribution in [2.45, 2.75) is 56.8 Å². The first-order valence-corrected chi connectivity index (χ1v) is 12.2. The van der Waals surface area contributed by atoms with Crippen molar-refractivity contribution in [2.75, 3.05) is 12.9 Å². The minimum Gasteiger partial charge on any atom is -0.497 e. The van der Waals surface area contributed by atoms with E-state index in [0.29, 0.717) is 18.3 Å². The van der Waals surface area contributed by atoms with Gasteiger partial charge in [-0.1, -0.05) is 60.9 Å². The van der Waals surface area contributed by atoms with E-state index in [-0.39, 0.29) is 5.91 Å². The molecule has 0 unspecified atom stereocenters. The van der Waals surface area contributed by atoms with Gasteiger partial charge in [0.15, 0.2) is 11.0 Å². The number of rotatable bonds is 8. The van der Waals surface area contributed by atoms with Gasteiger partial charge in [-0.3, -0.25) is 9.36 Å². The van der Waals surface area contributed by atoms with E-state index in [1.54, 1.807) is 7.11 Å². The summed E-state index contributed by atoms with van der Waals surface area (Å²) in [6.45, 7) is 2.59. The van der Waals surface area contributed by atoms with Gasteiger partial charge in [-0.05, 0) is 49.6 Å². The number of aryl methyl sites for hydroxylation is 1. The molecule has 0 atom stereocenters. The van der Waals surface area contributed by atoms with Crippen molar-refractivity contribution < 1.29 is 9.53 Å². The van der Waals surface area contributed by atoms with Gasteiger partial charge in [0.05, 0.1) is 12.9 Å². The minimum absolute atomic E-state index is 0.000216. The lowest BCUT2D eigenvalue weighted by Gasteiger charge is -2.25. The number of aromatic nitrogens is 3. The number of carbonyl (C=O) groups excluding carboxylic acids is 1. The molecule has 1 aliphatic carbocycles. The lowest BCUT2D eigenvalue weighted by Crippen LogP contribution is -2.25. The number of ether oxygens (including phenoxy) is 1. The summed E-state index contributed by atoms with van der Waals surface area (Å²) in [5.74, 6) is 2.00. The Hall–Kier alpha value is -2.80. The first-order chi connectivity index (χ1) is 15.6. The summed E-state index contributed by atoms with van der Waals surface area (Å²) in [6, 6.07) is 16.5. The van der Waals surface area contributed by atoms with Crippen molar-refractivity contribution in [1.82, 2.24) is 20.1 Å². The molecule has 1 N–H and O–H groups in total. The van der Waals surface area contributed by atoms with Gasteiger partial charge in [0.1, 0.15) is 5.75 Å². The molecular weight excluding hydrogens is 420 g/mol. The number of carbonyl (C=O) groups is 1. The maximum absolute atomic E-state index is 12.5. The van der Waals surface area contributed by atoms with Crippen molar-refractivity contribution >= 4 is 17.7 Å². The second kappa shape index (κ2) is 10.7. The van der Waals surface area contributed by atoms with E-state index < -0.39 is 0 Å². The maximum Gasteiger partial charge on any atom is 0.230 e. The highest BCUT2D eigenvalue weighted by molar-refractivity contribution is 7.99. The molecule has 1 aromatic heterocycles. The summed E-state index contributed by atoms with van der Waals surface area (Å²) < 4.78 is 7.54. The third-order valence-electron chi connectivity index (χ3n) is 5.90. The second-order valence-electron chi connectivity index (χ2n) is 8.25. The molecule has 32 heavy (non-hydrogen) atoms. The number of benzene rings is 2. The zero-order chi connectivity index (χ0) is 22.3. The lowest BCUT2D eigenvalue weighted by molar-refractivity contribution is -0.118. The van der Waals surface area contributed by atoms with Gasteiger partial charge in [0.25, 0.3) is 0 Å². The Balaban J connectivity index is 1.46. The molecular formula is C25H30N4O2S. The molecule has 0 aliphatic heterocycles. The van der Waals surface area contributed by atoms with E-state index >= 15 is 0 Å². The zero-order valence-electron chi connectivity index (χ0n) is 18.7. The van der Waals surface area contributed by atoms with Gasteiger partial charge < -0.3 is 10.1 Å². The molecule has 2 aromatic carbocycles. The van der Waals surface area contributed by atoms with Crippen LogP contribution in [0.3, 0.4) is 0 Å². The summed E-state index contributed by atoms with van der Waals surface area (Å²) in [5.41, 5.74) is 3.33. The molecule has 7 heteroatoms. The van der Waals surface area contributed by atoms with Crippen molar-refractivity contribution in [3.8, 4) is 17.1 Å². The smallest absolute Gasteiger partial charge is 0.230 e. The van der Waals surface area contributed by atoms with Crippen LogP contribution in [0.2, 0.25) is 0 Å². The Kier molecular flexibility index (Phi) is 7.47. The van der Waals surface area contributed by atoms with Crippen LogP contribution in [0.15, 0.2) is 53.7 Å². The van der Waals surface area contributed by atoms with Crippen molar-refractivity contribution in [3.63, 3.8) is 0 Å². The molecule has 1 aliphatic rings. The van der Waals surface area contributed by atoms with E-state index in [4.69, 9.17) is 4.74 Å². The van der Waals surface area contributed by atoms with Crippen LogP contribution >= 0.6 is 11.8 Å². The molecule has 0 bridgehead atoms. The third kappa shape index (κ3) is 5.51. The average Bonchev–Trinajstić information content (AvgIpc) is 3.27. The number of nitrogens with zero attached hydrogens (tertiary/aromatic N) is 3. The zero-order valence-corrected chi connectivity index (χ0v) is 19.5. The molecule has 1 heterocycles. The Bertz CT molecular complexity index is 1030.